The second-order valence-electron chi connectivity index (χ2n) is 7.47. The molecular formula is C24H31N3O2S. The van der Waals surface area contributed by atoms with E-state index in [0.29, 0.717) is 24.3 Å². The molecule has 1 aliphatic heterocycles. The summed E-state index contributed by atoms with van der Waals surface area (Å²) in [5, 5.41) is 5.93. The molecule has 2 aromatic rings. The number of carbonyl (C=O) groups is 2. The van der Waals surface area contributed by atoms with Gasteiger partial charge in [0.05, 0.1) is 0 Å². The summed E-state index contributed by atoms with van der Waals surface area (Å²) in [4.78, 5) is 27.0. The number of hydrogen-bond donors (Lipinski definition) is 2. The average molecular weight is 426 g/mol. The molecule has 30 heavy (non-hydrogen) atoms. The van der Waals surface area contributed by atoms with Crippen molar-refractivity contribution in [1.82, 2.24) is 5.32 Å². The molecule has 0 atom stereocenters. The quantitative estimate of drug-likeness (QED) is 0.562. The molecule has 0 saturated carbocycles. The van der Waals surface area contributed by atoms with Crippen LogP contribution in [0.5, 0.6) is 0 Å². The number of rotatable bonds is 8. The number of anilines is 2. The van der Waals surface area contributed by atoms with Gasteiger partial charge in [0.25, 0.3) is 5.91 Å². The second kappa shape index (κ2) is 11.6. The first-order valence-electron chi connectivity index (χ1n) is 10.8. The van der Waals surface area contributed by atoms with E-state index in [1.54, 1.807) is 24.3 Å². The summed E-state index contributed by atoms with van der Waals surface area (Å²) in [5.74, 6) is 2.16. The summed E-state index contributed by atoms with van der Waals surface area (Å²) in [6, 6.07) is 15.0. The second-order valence-corrected chi connectivity index (χ2v) is 8.69. The number of hydrogen-bond acceptors (Lipinski definition) is 3. The Morgan fingerprint density at radius 1 is 1.03 bits per heavy atom. The first kappa shape index (κ1) is 22.2. The van der Waals surface area contributed by atoms with Crippen LogP contribution in [0.3, 0.4) is 0 Å². The van der Waals surface area contributed by atoms with Gasteiger partial charge in [-0.1, -0.05) is 25.1 Å². The van der Waals surface area contributed by atoms with Crippen LogP contribution in [0.2, 0.25) is 0 Å². The molecule has 3 amide bonds. The van der Waals surface area contributed by atoms with Crippen LogP contribution >= 0.6 is 11.8 Å². The predicted octanol–water partition coefficient (Wildman–Crippen LogP) is 5.32. The molecule has 1 heterocycles. The van der Waals surface area contributed by atoms with Gasteiger partial charge in [-0.15, -0.1) is 0 Å². The van der Waals surface area contributed by atoms with Gasteiger partial charge in [0.1, 0.15) is 0 Å². The lowest BCUT2D eigenvalue weighted by Crippen LogP contribution is -2.35. The van der Waals surface area contributed by atoms with Crippen LogP contribution in [0.4, 0.5) is 16.2 Å². The minimum atomic E-state index is -0.133. The van der Waals surface area contributed by atoms with Crippen molar-refractivity contribution >= 4 is 35.1 Å². The monoisotopic (exact) mass is 425 g/mol. The number of thioether (sulfide) groups is 1. The zero-order valence-corrected chi connectivity index (χ0v) is 18.5. The van der Waals surface area contributed by atoms with Crippen LogP contribution in [0.25, 0.3) is 0 Å². The fourth-order valence-corrected chi connectivity index (χ4v) is 4.36. The number of benzene rings is 2. The molecular weight excluding hydrogens is 394 g/mol. The van der Waals surface area contributed by atoms with Crippen LogP contribution in [0, 0.1) is 0 Å². The number of amides is 3. The summed E-state index contributed by atoms with van der Waals surface area (Å²) < 4.78 is 0. The predicted molar refractivity (Wildman–Crippen MR) is 127 cm³/mol. The number of urea groups is 1. The van der Waals surface area contributed by atoms with E-state index < -0.39 is 0 Å². The Kier molecular flexibility index (Phi) is 8.63. The van der Waals surface area contributed by atoms with Gasteiger partial charge in [0, 0.05) is 30.0 Å². The van der Waals surface area contributed by atoms with Gasteiger partial charge >= 0.3 is 6.03 Å². The van der Waals surface area contributed by atoms with E-state index in [4.69, 9.17) is 0 Å². The van der Waals surface area contributed by atoms with E-state index in [-0.39, 0.29) is 11.9 Å². The fraction of sp³-hybridized carbons (Fsp3) is 0.417. The lowest BCUT2D eigenvalue weighted by molar-refractivity contribution is 0.0954. The standard InChI is InChI=1S/C24H31N3O2S/c1-2-17-30-18-7-15-25-23(28)20-11-13-21(14-12-20)26-24(29)27-16-6-5-9-19-8-3-4-10-22(19)27/h3-4,8,10-14H,2,5-7,9,15-18H2,1H3,(H,25,28)(H,26,29). The third-order valence-electron chi connectivity index (χ3n) is 5.10. The maximum Gasteiger partial charge on any atom is 0.326 e. The van der Waals surface area contributed by atoms with Crippen LogP contribution in [-0.2, 0) is 6.42 Å². The molecule has 1 aliphatic rings. The van der Waals surface area contributed by atoms with Crippen molar-refractivity contribution in [3.05, 3.63) is 59.7 Å². The molecule has 2 N–H and O–H groups in total. The average Bonchev–Trinajstić information content (AvgIpc) is 2.99. The molecule has 0 bridgehead atoms. The topological polar surface area (TPSA) is 61.4 Å². The van der Waals surface area contributed by atoms with Gasteiger partial charge in [0.2, 0.25) is 0 Å². The lowest BCUT2D eigenvalue weighted by atomic mass is 10.1. The molecule has 0 saturated heterocycles. The molecule has 0 spiro atoms. The van der Waals surface area contributed by atoms with E-state index in [1.165, 1.54) is 17.7 Å². The van der Waals surface area contributed by atoms with Gasteiger partial charge in [-0.3, -0.25) is 9.69 Å². The highest BCUT2D eigenvalue weighted by atomic mass is 32.2. The summed E-state index contributed by atoms with van der Waals surface area (Å²) in [6.45, 7) is 3.57. The van der Waals surface area contributed by atoms with Crippen molar-refractivity contribution in [3.63, 3.8) is 0 Å². The van der Waals surface area contributed by atoms with Crippen molar-refractivity contribution in [1.29, 1.82) is 0 Å². The highest BCUT2D eigenvalue weighted by Crippen LogP contribution is 2.26. The zero-order chi connectivity index (χ0) is 21.2. The van der Waals surface area contributed by atoms with Gasteiger partial charge in [0.15, 0.2) is 0 Å². The Labute approximate surface area is 183 Å². The number of para-hydroxylation sites is 1. The van der Waals surface area contributed by atoms with E-state index in [0.717, 1.165) is 37.1 Å². The minimum absolute atomic E-state index is 0.0742. The number of nitrogens with one attached hydrogen (secondary N) is 2. The molecule has 2 aromatic carbocycles. The van der Waals surface area contributed by atoms with E-state index in [2.05, 4.69) is 23.6 Å². The number of fused-ring (bicyclic) bond motifs is 1. The SMILES string of the molecule is CCCSCCCNC(=O)c1ccc(NC(=O)N2CCCCc3ccccc32)cc1. The molecule has 0 aromatic heterocycles. The molecule has 0 unspecified atom stereocenters. The summed E-state index contributed by atoms with van der Waals surface area (Å²) in [6.07, 6.45) is 5.23. The Hall–Kier alpha value is -2.47. The maximum atomic E-state index is 12.9. The van der Waals surface area contributed by atoms with Crippen molar-refractivity contribution in [2.45, 2.75) is 39.0 Å². The molecule has 6 heteroatoms. The van der Waals surface area contributed by atoms with Crippen molar-refractivity contribution in [2.75, 3.05) is 34.8 Å². The zero-order valence-electron chi connectivity index (χ0n) is 17.7. The Morgan fingerprint density at radius 2 is 1.83 bits per heavy atom. The normalized spacial score (nSPS) is 13.3. The van der Waals surface area contributed by atoms with Gasteiger partial charge < -0.3 is 10.6 Å². The van der Waals surface area contributed by atoms with Crippen LogP contribution in [0.15, 0.2) is 48.5 Å². The smallest absolute Gasteiger partial charge is 0.326 e. The van der Waals surface area contributed by atoms with Crippen LogP contribution in [0.1, 0.15) is 48.5 Å². The first-order valence-corrected chi connectivity index (χ1v) is 12.0. The van der Waals surface area contributed by atoms with E-state index in [9.17, 15) is 9.59 Å². The lowest BCUT2D eigenvalue weighted by Gasteiger charge is -2.23. The Balaban J connectivity index is 1.53. The van der Waals surface area contributed by atoms with E-state index in [1.807, 2.05) is 34.9 Å². The molecule has 0 fully saturated rings. The van der Waals surface area contributed by atoms with E-state index >= 15 is 0 Å². The van der Waals surface area contributed by atoms with Crippen molar-refractivity contribution < 1.29 is 9.59 Å². The molecule has 5 nitrogen and oxygen atoms in total. The minimum Gasteiger partial charge on any atom is -0.352 e. The Bertz CT molecular complexity index is 839. The summed E-state index contributed by atoms with van der Waals surface area (Å²) in [7, 11) is 0. The van der Waals surface area contributed by atoms with Gasteiger partial charge in [-0.25, -0.2) is 4.79 Å². The van der Waals surface area contributed by atoms with Crippen LogP contribution < -0.4 is 15.5 Å². The number of nitrogens with zero attached hydrogens (tertiary/aromatic N) is 1. The van der Waals surface area contributed by atoms with Gasteiger partial charge in [-0.05, 0) is 79.5 Å². The highest BCUT2D eigenvalue weighted by Gasteiger charge is 2.21. The first-order chi connectivity index (χ1) is 14.7. The fourth-order valence-electron chi connectivity index (χ4n) is 3.52. The van der Waals surface area contributed by atoms with Crippen LogP contribution in [-0.4, -0.2) is 36.5 Å². The summed E-state index contributed by atoms with van der Waals surface area (Å²) in [5.41, 5.74) is 3.49. The summed E-state index contributed by atoms with van der Waals surface area (Å²) >= 11 is 1.92. The number of carbonyl (C=O) groups excluding carboxylic acids is 2. The van der Waals surface area contributed by atoms with Crippen molar-refractivity contribution in [3.8, 4) is 0 Å². The van der Waals surface area contributed by atoms with Gasteiger partial charge in [-0.2, -0.15) is 11.8 Å². The maximum absolute atomic E-state index is 12.9. The third kappa shape index (κ3) is 6.26. The molecule has 0 radical (unpaired) electrons. The molecule has 3 rings (SSSR count). The Morgan fingerprint density at radius 3 is 2.63 bits per heavy atom. The van der Waals surface area contributed by atoms with Crippen molar-refractivity contribution in [2.24, 2.45) is 0 Å². The number of aryl methyl sites for hydroxylation is 1. The molecule has 0 aliphatic carbocycles. The molecule has 160 valence electrons. The highest BCUT2D eigenvalue weighted by molar-refractivity contribution is 7.99. The third-order valence-corrected chi connectivity index (χ3v) is 6.38. The largest absolute Gasteiger partial charge is 0.352 e.